The standard InChI is InChI=1S/C14H17BrO3/c1-2-18-14(16)13-7-11(13)9-17-8-10-3-5-12(15)6-4-10/h3-6,11,13H,2,7-9H2,1H3/t11-,13+/m0/s1. The second kappa shape index (κ2) is 6.34. The molecule has 0 N–H and O–H groups in total. The summed E-state index contributed by atoms with van der Waals surface area (Å²) in [6, 6.07) is 8.05. The van der Waals surface area contributed by atoms with E-state index in [0.717, 1.165) is 16.5 Å². The number of esters is 1. The maximum absolute atomic E-state index is 11.4. The van der Waals surface area contributed by atoms with Crippen LogP contribution in [0.4, 0.5) is 0 Å². The predicted octanol–water partition coefficient (Wildman–Crippen LogP) is 3.16. The highest BCUT2D eigenvalue weighted by Gasteiger charge is 2.44. The van der Waals surface area contributed by atoms with Gasteiger partial charge in [0.2, 0.25) is 0 Å². The Labute approximate surface area is 116 Å². The molecular formula is C14H17BrO3. The maximum atomic E-state index is 11.4. The largest absolute Gasteiger partial charge is 0.466 e. The molecule has 18 heavy (non-hydrogen) atoms. The average molecular weight is 313 g/mol. The molecule has 1 fully saturated rings. The smallest absolute Gasteiger partial charge is 0.309 e. The first-order valence-electron chi connectivity index (χ1n) is 6.19. The van der Waals surface area contributed by atoms with Gasteiger partial charge in [-0.15, -0.1) is 0 Å². The molecule has 2 rings (SSSR count). The maximum Gasteiger partial charge on any atom is 0.309 e. The second-order valence-corrected chi connectivity index (χ2v) is 5.41. The summed E-state index contributed by atoms with van der Waals surface area (Å²) in [5.74, 6) is 0.337. The normalized spacial score (nSPS) is 21.7. The molecule has 0 aromatic heterocycles. The fraction of sp³-hybridized carbons (Fsp3) is 0.500. The molecule has 4 heteroatoms. The fourth-order valence-electron chi connectivity index (χ4n) is 1.88. The molecule has 0 radical (unpaired) electrons. The van der Waals surface area contributed by atoms with E-state index in [2.05, 4.69) is 15.9 Å². The van der Waals surface area contributed by atoms with Crippen molar-refractivity contribution in [2.24, 2.45) is 11.8 Å². The van der Waals surface area contributed by atoms with Crippen molar-refractivity contribution in [3.05, 3.63) is 34.3 Å². The first kappa shape index (κ1) is 13.6. The van der Waals surface area contributed by atoms with Crippen molar-refractivity contribution in [1.82, 2.24) is 0 Å². The van der Waals surface area contributed by atoms with Crippen LogP contribution in [0.3, 0.4) is 0 Å². The Hall–Kier alpha value is -0.870. The molecular weight excluding hydrogens is 296 g/mol. The van der Waals surface area contributed by atoms with Gasteiger partial charge in [0.1, 0.15) is 0 Å². The van der Waals surface area contributed by atoms with Crippen molar-refractivity contribution in [2.75, 3.05) is 13.2 Å². The first-order valence-corrected chi connectivity index (χ1v) is 6.99. The Kier molecular flexibility index (Phi) is 4.78. The summed E-state index contributed by atoms with van der Waals surface area (Å²) in [4.78, 5) is 11.4. The molecule has 1 aromatic rings. The van der Waals surface area contributed by atoms with Gasteiger partial charge in [-0.1, -0.05) is 28.1 Å². The Morgan fingerprint density at radius 1 is 1.39 bits per heavy atom. The molecule has 0 aliphatic heterocycles. The molecule has 98 valence electrons. The van der Waals surface area contributed by atoms with Crippen LogP contribution in [0.15, 0.2) is 28.7 Å². The lowest BCUT2D eigenvalue weighted by atomic mass is 10.2. The number of carbonyl (C=O) groups is 1. The predicted molar refractivity (Wildman–Crippen MR) is 72.0 cm³/mol. The van der Waals surface area contributed by atoms with Gasteiger partial charge in [0.05, 0.1) is 25.7 Å². The van der Waals surface area contributed by atoms with Gasteiger partial charge in [0.25, 0.3) is 0 Å². The number of ether oxygens (including phenoxy) is 2. The van der Waals surface area contributed by atoms with E-state index in [9.17, 15) is 4.79 Å². The number of hydrogen-bond acceptors (Lipinski definition) is 3. The van der Waals surface area contributed by atoms with Crippen LogP contribution in [0.25, 0.3) is 0 Å². The van der Waals surface area contributed by atoms with Crippen LogP contribution < -0.4 is 0 Å². The minimum absolute atomic E-state index is 0.0647. The number of halogens is 1. The van der Waals surface area contributed by atoms with Crippen LogP contribution in [0.2, 0.25) is 0 Å². The van der Waals surface area contributed by atoms with E-state index in [4.69, 9.17) is 9.47 Å². The Balaban J connectivity index is 1.65. The van der Waals surface area contributed by atoms with E-state index in [1.165, 1.54) is 0 Å². The summed E-state index contributed by atoms with van der Waals surface area (Å²) >= 11 is 3.39. The minimum atomic E-state index is -0.0743. The summed E-state index contributed by atoms with van der Waals surface area (Å²) < 4.78 is 11.7. The highest BCUT2D eigenvalue weighted by atomic mass is 79.9. The molecule has 1 saturated carbocycles. The molecule has 1 aliphatic carbocycles. The molecule has 1 aromatic carbocycles. The van der Waals surface area contributed by atoms with Crippen molar-refractivity contribution < 1.29 is 14.3 Å². The van der Waals surface area contributed by atoms with E-state index < -0.39 is 0 Å². The van der Waals surface area contributed by atoms with Crippen molar-refractivity contribution >= 4 is 21.9 Å². The quantitative estimate of drug-likeness (QED) is 0.757. The number of rotatable bonds is 6. The Morgan fingerprint density at radius 2 is 2.11 bits per heavy atom. The Bertz CT molecular complexity index is 402. The Morgan fingerprint density at radius 3 is 2.78 bits per heavy atom. The lowest BCUT2D eigenvalue weighted by molar-refractivity contribution is -0.145. The lowest BCUT2D eigenvalue weighted by Crippen LogP contribution is -2.09. The first-order chi connectivity index (χ1) is 8.70. The van der Waals surface area contributed by atoms with Crippen LogP contribution in [-0.4, -0.2) is 19.2 Å². The van der Waals surface area contributed by atoms with Crippen LogP contribution in [0.5, 0.6) is 0 Å². The monoisotopic (exact) mass is 312 g/mol. The molecule has 1 aliphatic rings. The molecule has 0 amide bonds. The van der Waals surface area contributed by atoms with Gasteiger partial charge in [0, 0.05) is 4.47 Å². The van der Waals surface area contributed by atoms with E-state index in [1.807, 2.05) is 31.2 Å². The van der Waals surface area contributed by atoms with Crippen LogP contribution in [0, 0.1) is 11.8 Å². The molecule has 0 bridgehead atoms. The van der Waals surface area contributed by atoms with E-state index in [-0.39, 0.29) is 11.9 Å². The highest BCUT2D eigenvalue weighted by Crippen LogP contribution is 2.39. The second-order valence-electron chi connectivity index (χ2n) is 4.50. The van der Waals surface area contributed by atoms with Gasteiger partial charge in [-0.25, -0.2) is 0 Å². The van der Waals surface area contributed by atoms with E-state index in [1.54, 1.807) is 0 Å². The molecule has 3 nitrogen and oxygen atoms in total. The van der Waals surface area contributed by atoms with Crippen LogP contribution >= 0.6 is 15.9 Å². The third kappa shape index (κ3) is 3.82. The third-order valence-corrected chi connectivity index (χ3v) is 3.55. The summed E-state index contributed by atoms with van der Waals surface area (Å²) in [5, 5.41) is 0. The fourth-order valence-corrected chi connectivity index (χ4v) is 2.14. The van der Waals surface area contributed by atoms with Crippen molar-refractivity contribution in [3.8, 4) is 0 Å². The SMILES string of the molecule is CCOC(=O)[C@@H]1C[C@H]1COCc1ccc(Br)cc1. The van der Waals surface area contributed by atoms with Gasteiger partial charge in [-0.05, 0) is 37.0 Å². The van der Waals surface area contributed by atoms with Gasteiger partial charge in [-0.3, -0.25) is 4.79 Å². The summed E-state index contributed by atoms with van der Waals surface area (Å²) in [5.41, 5.74) is 1.14. The van der Waals surface area contributed by atoms with E-state index in [0.29, 0.717) is 25.7 Å². The molecule has 0 saturated heterocycles. The lowest BCUT2D eigenvalue weighted by Gasteiger charge is -2.04. The number of hydrogen-bond donors (Lipinski definition) is 0. The average Bonchev–Trinajstić information content (AvgIpc) is 3.12. The number of benzene rings is 1. The molecule has 2 atom stereocenters. The third-order valence-electron chi connectivity index (χ3n) is 3.03. The zero-order valence-corrected chi connectivity index (χ0v) is 12.0. The van der Waals surface area contributed by atoms with Gasteiger partial charge >= 0.3 is 5.97 Å². The van der Waals surface area contributed by atoms with Gasteiger partial charge < -0.3 is 9.47 Å². The van der Waals surface area contributed by atoms with Crippen molar-refractivity contribution in [1.29, 1.82) is 0 Å². The minimum Gasteiger partial charge on any atom is -0.466 e. The summed E-state index contributed by atoms with van der Waals surface area (Å²) in [7, 11) is 0. The summed E-state index contributed by atoms with van der Waals surface area (Å²) in [6.07, 6.45) is 0.902. The van der Waals surface area contributed by atoms with Crippen LogP contribution in [-0.2, 0) is 20.9 Å². The molecule has 0 unspecified atom stereocenters. The van der Waals surface area contributed by atoms with Crippen molar-refractivity contribution in [2.45, 2.75) is 20.0 Å². The summed E-state index contributed by atoms with van der Waals surface area (Å²) in [6.45, 7) is 3.53. The number of carbonyl (C=O) groups excluding carboxylic acids is 1. The zero-order valence-electron chi connectivity index (χ0n) is 10.4. The molecule has 0 spiro atoms. The van der Waals surface area contributed by atoms with Gasteiger partial charge in [0.15, 0.2) is 0 Å². The van der Waals surface area contributed by atoms with Gasteiger partial charge in [-0.2, -0.15) is 0 Å². The highest BCUT2D eigenvalue weighted by molar-refractivity contribution is 9.10. The molecule has 0 heterocycles. The topological polar surface area (TPSA) is 35.5 Å². The van der Waals surface area contributed by atoms with E-state index >= 15 is 0 Å². The zero-order chi connectivity index (χ0) is 13.0. The van der Waals surface area contributed by atoms with Crippen LogP contribution in [0.1, 0.15) is 18.9 Å². The van der Waals surface area contributed by atoms with Crippen molar-refractivity contribution in [3.63, 3.8) is 0 Å².